The van der Waals surface area contributed by atoms with Crippen LogP contribution in [0.15, 0.2) is 0 Å². The maximum absolute atomic E-state index is 11.8. The summed E-state index contributed by atoms with van der Waals surface area (Å²) in [6.45, 7) is -8.95. The van der Waals surface area contributed by atoms with Crippen molar-refractivity contribution in [3.63, 3.8) is 0 Å². The van der Waals surface area contributed by atoms with Gasteiger partial charge in [0.2, 0.25) is 0 Å². The highest BCUT2D eigenvalue weighted by molar-refractivity contribution is 5.85. The molecule has 0 atom stereocenters. The van der Waals surface area contributed by atoms with Crippen LogP contribution in [-0.2, 0) is 167 Å². The van der Waals surface area contributed by atoms with Gasteiger partial charge >= 0.3 is 95.5 Å². The van der Waals surface area contributed by atoms with Gasteiger partial charge in [0.05, 0.1) is 25.4 Å². The maximum atomic E-state index is 11.8. The van der Waals surface area contributed by atoms with E-state index in [9.17, 15) is 76.7 Å². The van der Waals surface area contributed by atoms with Crippen LogP contribution in [0.5, 0.6) is 0 Å². The molecule has 0 saturated heterocycles. The van der Waals surface area contributed by atoms with Gasteiger partial charge in [0.25, 0.3) is 0 Å². The Morgan fingerprint density at radius 1 is 0.195 bits per heavy atom. The zero-order valence-corrected chi connectivity index (χ0v) is 41.6. The molecule has 0 spiro atoms. The summed E-state index contributed by atoms with van der Waals surface area (Å²) in [6.07, 6.45) is -0.523. The van der Waals surface area contributed by atoms with Gasteiger partial charge in [0.1, 0.15) is 26.4 Å². The van der Waals surface area contributed by atoms with Crippen molar-refractivity contribution in [2.75, 3.05) is 132 Å². The van der Waals surface area contributed by atoms with E-state index in [0.717, 1.165) is 0 Å². The van der Waals surface area contributed by atoms with Crippen molar-refractivity contribution in [3.05, 3.63) is 0 Å². The zero-order valence-electron chi connectivity index (χ0n) is 41.6. The summed E-state index contributed by atoms with van der Waals surface area (Å²) < 4.78 is 87.5. The van der Waals surface area contributed by atoms with Crippen LogP contribution in [0.25, 0.3) is 0 Å². The SMILES string of the molecule is CC(C)OCC(=O)OCC(=O)OCC(=O)OCC(=O)OCC(=O)OCC(=O)OCC(=O)OCC(=O)OCCOCCOC(=O)COC(=O)COC(=O)COC(=O)COC(=O)COC(=O)COC(=O)COC(=O)COC(C)C. The molecule has 77 heavy (non-hydrogen) atoms. The van der Waals surface area contributed by atoms with Crippen LogP contribution in [0.2, 0.25) is 0 Å². The average Bonchev–Trinajstić information content (AvgIpc) is 3.39. The molecule has 0 aliphatic carbocycles. The normalized spacial score (nSPS) is 10.3. The number of carbonyl (C=O) groups is 16. The maximum Gasteiger partial charge on any atom is 0.344 e. The minimum Gasteiger partial charge on any atom is -0.461 e. The number of hydrogen-bond donors (Lipinski definition) is 0. The van der Waals surface area contributed by atoms with Crippen LogP contribution < -0.4 is 0 Å². The van der Waals surface area contributed by atoms with E-state index in [1.165, 1.54) is 0 Å². The summed E-state index contributed by atoms with van der Waals surface area (Å²) in [4.78, 5) is 186. The van der Waals surface area contributed by atoms with E-state index < -0.39 is 201 Å². The van der Waals surface area contributed by atoms with Gasteiger partial charge in [0, 0.05) is 0 Å². The van der Waals surface area contributed by atoms with Crippen LogP contribution >= 0.6 is 0 Å². The van der Waals surface area contributed by atoms with Crippen molar-refractivity contribution in [2.24, 2.45) is 0 Å². The first-order chi connectivity index (χ1) is 36.4. The molecule has 432 valence electrons. The molecular formula is C42H54O35. The lowest BCUT2D eigenvalue weighted by Crippen LogP contribution is -2.26. The molecule has 0 aromatic rings. The molecule has 0 aliphatic heterocycles. The van der Waals surface area contributed by atoms with Gasteiger partial charge in [-0.3, -0.25) is 0 Å². The first-order valence-corrected chi connectivity index (χ1v) is 21.7. The third-order valence-electron chi connectivity index (χ3n) is 6.96. The number of carbonyl (C=O) groups excluding carboxylic acids is 16. The highest BCUT2D eigenvalue weighted by atomic mass is 16.7. The van der Waals surface area contributed by atoms with Crippen LogP contribution in [0.1, 0.15) is 27.7 Å². The molecule has 0 saturated carbocycles. The molecule has 0 N–H and O–H groups in total. The first-order valence-electron chi connectivity index (χ1n) is 21.7. The lowest BCUT2D eigenvalue weighted by molar-refractivity contribution is -0.172. The van der Waals surface area contributed by atoms with Crippen molar-refractivity contribution in [3.8, 4) is 0 Å². The Hall–Kier alpha value is -8.60. The number of esters is 16. The van der Waals surface area contributed by atoms with Gasteiger partial charge in [-0.25, -0.2) is 76.7 Å². The molecule has 0 aromatic carbocycles. The van der Waals surface area contributed by atoms with Crippen molar-refractivity contribution < 1.29 is 167 Å². The van der Waals surface area contributed by atoms with Crippen LogP contribution in [0, 0.1) is 0 Å². The monoisotopic (exact) mass is 1120 g/mol. The van der Waals surface area contributed by atoms with Crippen molar-refractivity contribution in [1.82, 2.24) is 0 Å². The molecule has 35 heteroatoms. The Kier molecular flexibility index (Phi) is 37.1. The predicted octanol–water partition coefficient (Wildman–Crippen LogP) is -5.46. The third-order valence-corrected chi connectivity index (χ3v) is 6.96. The van der Waals surface area contributed by atoms with Crippen molar-refractivity contribution in [2.45, 2.75) is 39.9 Å². The summed E-state index contributed by atoms with van der Waals surface area (Å²) in [7, 11) is 0. The van der Waals surface area contributed by atoms with E-state index in [0.29, 0.717) is 0 Å². The second-order valence-corrected chi connectivity index (χ2v) is 14.0. The van der Waals surface area contributed by atoms with Gasteiger partial charge in [-0.2, -0.15) is 0 Å². The summed E-state index contributed by atoms with van der Waals surface area (Å²) in [5, 5.41) is 0. The van der Waals surface area contributed by atoms with Gasteiger partial charge in [-0.05, 0) is 27.7 Å². The molecule has 0 amide bonds. The summed E-state index contributed by atoms with van der Waals surface area (Å²) >= 11 is 0. The summed E-state index contributed by atoms with van der Waals surface area (Å²) in [5.74, 6) is -18.3. The Balaban J connectivity index is 3.92. The van der Waals surface area contributed by atoms with Gasteiger partial charge in [-0.15, -0.1) is 0 Å². The molecule has 35 nitrogen and oxygen atoms in total. The zero-order chi connectivity index (χ0) is 58.0. The summed E-state index contributed by atoms with van der Waals surface area (Å²) in [5.41, 5.74) is 0. The Morgan fingerprint density at radius 2 is 0.325 bits per heavy atom. The fourth-order valence-electron chi connectivity index (χ4n) is 3.62. The predicted molar refractivity (Wildman–Crippen MR) is 228 cm³/mol. The molecule has 0 unspecified atom stereocenters. The molecule has 0 bridgehead atoms. The quantitative estimate of drug-likeness (QED) is 0.0314. The lowest BCUT2D eigenvalue weighted by atomic mass is 10.5. The fourth-order valence-corrected chi connectivity index (χ4v) is 3.62. The summed E-state index contributed by atoms with van der Waals surface area (Å²) in [6, 6.07) is 0. The van der Waals surface area contributed by atoms with Gasteiger partial charge in [-0.1, -0.05) is 0 Å². The first kappa shape index (κ1) is 68.4. The Bertz CT molecular complexity index is 1880. The molecular weight excluding hydrogens is 1060 g/mol. The smallest absolute Gasteiger partial charge is 0.344 e. The van der Waals surface area contributed by atoms with Crippen LogP contribution in [0.4, 0.5) is 0 Å². The van der Waals surface area contributed by atoms with E-state index in [1.807, 2.05) is 0 Å². The van der Waals surface area contributed by atoms with Crippen LogP contribution in [0.3, 0.4) is 0 Å². The van der Waals surface area contributed by atoms with E-state index in [2.05, 4.69) is 66.3 Å². The van der Waals surface area contributed by atoms with E-state index >= 15 is 0 Å². The molecule has 0 aromatic heterocycles. The second-order valence-electron chi connectivity index (χ2n) is 14.0. The molecule has 0 fully saturated rings. The molecule has 0 aliphatic rings. The minimum absolute atomic E-state index is 0.226. The van der Waals surface area contributed by atoms with Gasteiger partial charge < -0.3 is 90.0 Å². The third kappa shape index (κ3) is 43.5. The van der Waals surface area contributed by atoms with E-state index in [-0.39, 0.29) is 38.6 Å². The lowest BCUT2D eigenvalue weighted by Gasteiger charge is -2.09. The molecule has 0 heterocycles. The second kappa shape index (κ2) is 41.7. The average molecular weight is 1120 g/mol. The van der Waals surface area contributed by atoms with E-state index in [4.69, 9.17) is 23.7 Å². The number of hydrogen-bond acceptors (Lipinski definition) is 35. The Labute approximate surface area is 433 Å². The largest absolute Gasteiger partial charge is 0.461 e. The van der Waals surface area contributed by atoms with Crippen molar-refractivity contribution >= 4 is 95.5 Å². The number of rotatable bonds is 40. The molecule has 0 radical (unpaired) electrons. The standard InChI is InChI=1S/C42H54O35/c1-25(2)62-9-29(45)66-13-33(49)70-17-37(53)74-21-41(57)76-23-39(55)72-19-35(51)68-15-31(47)64-11-27(43)60-7-5-59-6-8-61-28(44)12-65-32(48)16-69-36(52)20-73-40(56)24-77-42(58)22-75-38(54)18-71-34(50)14-67-30(46)10-63-26(3)4/h25-26H,5-24H2,1-4H3. The van der Waals surface area contributed by atoms with E-state index in [1.54, 1.807) is 27.7 Å². The number of ether oxygens (including phenoxy) is 19. The Morgan fingerprint density at radius 3 is 0.468 bits per heavy atom. The minimum atomic E-state index is -1.26. The highest BCUT2D eigenvalue weighted by Crippen LogP contribution is 1.96. The topological polar surface area (TPSA) is 448 Å². The van der Waals surface area contributed by atoms with Crippen molar-refractivity contribution in [1.29, 1.82) is 0 Å². The van der Waals surface area contributed by atoms with Gasteiger partial charge in [0.15, 0.2) is 92.5 Å². The van der Waals surface area contributed by atoms with Crippen LogP contribution in [-0.4, -0.2) is 240 Å². The molecule has 0 rings (SSSR count). The fraction of sp³-hybridized carbons (Fsp3) is 0.619. The highest BCUT2D eigenvalue weighted by Gasteiger charge is 2.20.